The summed E-state index contributed by atoms with van der Waals surface area (Å²) in [5.41, 5.74) is 6.12. The van der Waals surface area contributed by atoms with Crippen LogP contribution in [0.15, 0.2) is 0 Å². The SMILES string of the molecule is CCCOC(CCPCCC(CN)(CCPCCC(OCCC)OCCC)OCCC)OCCC. The van der Waals surface area contributed by atoms with Gasteiger partial charge in [-0.25, -0.2) is 0 Å². The first-order chi connectivity index (χ1) is 17.1. The molecule has 0 saturated heterocycles. The van der Waals surface area contributed by atoms with Gasteiger partial charge in [0, 0.05) is 52.4 Å². The Labute approximate surface area is 221 Å². The molecule has 2 unspecified atom stereocenters. The third-order valence-electron chi connectivity index (χ3n) is 5.64. The van der Waals surface area contributed by atoms with Gasteiger partial charge in [0.05, 0.1) is 5.60 Å². The molecule has 0 aromatic carbocycles. The first-order valence-corrected chi connectivity index (χ1v) is 17.2. The molecule has 0 bridgehead atoms. The second-order valence-corrected chi connectivity index (χ2v) is 12.2. The molecule has 0 aliphatic carbocycles. The first kappa shape index (κ1) is 35.6. The lowest BCUT2D eigenvalue weighted by molar-refractivity contribution is -0.142. The van der Waals surface area contributed by atoms with E-state index in [9.17, 15) is 0 Å². The van der Waals surface area contributed by atoms with Crippen molar-refractivity contribution in [2.75, 3.05) is 64.2 Å². The van der Waals surface area contributed by atoms with E-state index >= 15 is 0 Å². The normalized spacial score (nSPS) is 14.4. The molecule has 0 aromatic heterocycles. The lowest BCUT2D eigenvalue weighted by atomic mass is 9.97. The summed E-state index contributed by atoms with van der Waals surface area (Å²) in [6.45, 7) is 15.2. The number of hydrogen-bond donors (Lipinski definition) is 1. The molecule has 2 N–H and O–H groups in total. The van der Waals surface area contributed by atoms with E-state index in [4.69, 9.17) is 29.4 Å². The lowest BCUT2D eigenvalue weighted by Gasteiger charge is -2.33. The van der Waals surface area contributed by atoms with Gasteiger partial charge in [-0.2, -0.15) is 0 Å². The molecule has 212 valence electrons. The number of nitrogens with two attached hydrogens (primary N) is 1. The Bertz CT molecular complexity index is 388. The maximum Gasteiger partial charge on any atom is 0.157 e. The van der Waals surface area contributed by atoms with Gasteiger partial charge in [0.15, 0.2) is 12.6 Å². The molecule has 0 saturated carbocycles. The zero-order valence-corrected chi connectivity index (χ0v) is 25.7. The molecule has 0 radical (unpaired) electrons. The standard InChI is InChI=1S/C27H59NO5P2/c1-6-15-29-25(30-16-7-2)11-20-34-22-13-27(24-28,33-19-10-5)14-23-35-21-12-26(31-17-8-3)32-18-9-4/h25-26,34-35H,6-24,28H2,1-5H3. The summed E-state index contributed by atoms with van der Waals surface area (Å²) in [7, 11) is 1.78. The predicted octanol–water partition coefficient (Wildman–Crippen LogP) is 6.39. The Hall–Kier alpha value is 0.620. The van der Waals surface area contributed by atoms with Crippen molar-refractivity contribution in [2.24, 2.45) is 5.73 Å². The van der Waals surface area contributed by atoms with E-state index in [2.05, 4.69) is 34.6 Å². The average Bonchev–Trinajstić information content (AvgIpc) is 2.88. The summed E-state index contributed by atoms with van der Waals surface area (Å²) >= 11 is 0. The van der Waals surface area contributed by atoms with Gasteiger partial charge in [-0.1, -0.05) is 34.6 Å². The number of hydrogen-bond acceptors (Lipinski definition) is 6. The largest absolute Gasteiger partial charge is 0.374 e. The van der Waals surface area contributed by atoms with Gasteiger partial charge in [0.2, 0.25) is 0 Å². The van der Waals surface area contributed by atoms with Gasteiger partial charge in [0.25, 0.3) is 0 Å². The van der Waals surface area contributed by atoms with E-state index in [1.165, 1.54) is 0 Å². The molecule has 0 spiro atoms. The number of ether oxygens (including phenoxy) is 5. The van der Waals surface area contributed by atoms with Crippen molar-refractivity contribution in [1.82, 2.24) is 0 Å². The van der Waals surface area contributed by atoms with E-state index in [1.54, 1.807) is 0 Å². The van der Waals surface area contributed by atoms with Gasteiger partial charge in [-0.05, 0) is 69.6 Å². The van der Waals surface area contributed by atoms with E-state index in [-0.39, 0.29) is 18.2 Å². The molecular formula is C27H59NO5P2. The van der Waals surface area contributed by atoms with Gasteiger partial charge in [0.1, 0.15) is 0 Å². The van der Waals surface area contributed by atoms with Crippen molar-refractivity contribution in [2.45, 2.75) is 111 Å². The maximum absolute atomic E-state index is 6.38. The fourth-order valence-corrected chi connectivity index (χ4v) is 6.24. The molecule has 0 aliphatic heterocycles. The van der Waals surface area contributed by atoms with Gasteiger partial charge in [-0.3, -0.25) is 0 Å². The van der Waals surface area contributed by atoms with Crippen LogP contribution in [0.2, 0.25) is 0 Å². The van der Waals surface area contributed by atoms with Crippen molar-refractivity contribution in [3.8, 4) is 0 Å². The summed E-state index contributed by atoms with van der Waals surface area (Å²) < 4.78 is 29.9. The van der Waals surface area contributed by atoms with E-state index in [0.29, 0.717) is 6.54 Å². The summed E-state index contributed by atoms with van der Waals surface area (Å²) in [6.07, 6.45) is 13.7. The third kappa shape index (κ3) is 20.3. The molecule has 0 rings (SSSR count). The van der Waals surface area contributed by atoms with Gasteiger partial charge < -0.3 is 29.4 Å². The number of rotatable bonds is 28. The van der Waals surface area contributed by atoms with E-state index in [0.717, 1.165) is 133 Å². The minimum Gasteiger partial charge on any atom is -0.374 e. The van der Waals surface area contributed by atoms with Crippen LogP contribution >= 0.6 is 17.2 Å². The second-order valence-electron chi connectivity index (χ2n) is 9.16. The Morgan fingerprint density at radius 3 is 1.26 bits per heavy atom. The molecule has 8 heteroatoms. The van der Waals surface area contributed by atoms with Crippen LogP contribution < -0.4 is 5.73 Å². The van der Waals surface area contributed by atoms with Crippen LogP contribution in [0.25, 0.3) is 0 Å². The summed E-state index contributed by atoms with van der Waals surface area (Å²) in [4.78, 5) is 0. The Morgan fingerprint density at radius 1 is 0.571 bits per heavy atom. The molecule has 0 amide bonds. The summed E-state index contributed by atoms with van der Waals surface area (Å²) in [5.74, 6) is 0. The smallest absolute Gasteiger partial charge is 0.157 e. The Kier molecular flexibility index (Phi) is 26.7. The van der Waals surface area contributed by atoms with Crippen molar-refractivity contribution < 1.29 is 23.7 Å². The quantitative estimate of drug-likeness (QED) is 0.0706. The second kappa shape index (κ2) is 26.2. The van der Waals surface area contributed by atoms with E-state index in [1.807, 2.05) is 0 Å². The lowest BCUT2D eigenvalue weighted by Crippen LogP contribution is -2.42. The average molecular weight is 540 g/mol. The Morgan fingerprint density at radius 2 is 0.943 bits per heavy atom. The van der Waals surface area contributed by atoms with Gasteiger partial charge in [-0.15, -0.1) is 17.2 Å². The monoisotopic (exact) mass is 539 g/mol. The van der Waals surface area contributed by atoms with Crippen LogP contribution in [0.3, 0.4) is 0 Å². The van der Waals surface area contributed by atoms with Crippen LogP contribution in [0, 0.1) is 0 Å². The van der Waals surface area contributed by atoms with Crippen molar-refractivity contribution >= 4 is 17.2 Å². The molecule has 2 atom stereocenters. The fraction of sp³-hybridized carbons (Fsp3) is 1.00. The minimum absolute atomic E-state index is 0.0503. The van der Waals surface area contributed by atoms with Crippen molar-refractivity contribution in [3.63, 3.8) is 0 Å². The maximum atomic E-state index is 6.38. The van der Waals surface area contributed by atoms with Crippen LogP contribution in [-0.4, -0.2) is 82.4 Å². The topological polar surface area (TPSA) is 72.2 Å². The molecule has 0 heterocycles. The molecule has 0 aromatic rings. The van der Waals surface area contributed by atoms with E-state index < -0.39 is 0 Å². The van der Waals surface area contributed by atoms with Crippen LogP contribution in [0.5, 0.6) is 0 Å². The van der Waals surface area contributed by atoms with Crippen LogP contribution in [0.4, 0.5) is 0 Å². The van der Waals surface area contributed by atoms with Gasteiger partial charge >= 0.3 is 0 Å². The van der Waals surface area contributed by atoms with Crippen LogP contribution in [0.1, 0.15) is 92.4 Å². The molecule has 6 nitrogen and oxygen atoms in total. The summed E-state index contributed by atoms with van der Waals surface area (Å²) in [5, 5.41) is 0. The highest BCUT2D eigenvalue weighted by Crippen LogP contribution is 2.29. The summed E-state index contributed by atoms with van der Waals surface area (Å²) in [6, 6.07) is 0. The third-order valence-corrected chi connectivity index (χ3v) is 8.14. The highest BCUT2D eigenvalue weighted by molar-refractivity contribution is 7.38. The molecule has 0 fully saturated rings. The van der Waals surface area contributed by atoms with Crippen molar-refractivity contribution in [1.29, 1.82) is 0 Å². The minimum atomic E-state index is -0.177. The molecular weight excluding hydrogens is 480 g/mol. The Balaban J connectivity index is 4.45. The zero-order valence-electron chi connectivity index (χ0n) is 23.7. The highest BCUT2D eigenvalue weighted by atomic mass is 31.1. The zero-order chi connectivity index (χ0) is 26.0. The highest BCUT2D eigenvalue weighted by Gasteiger charge is 2.28. The van der Waals surface area contributed by atoms with Crippen LogP contribution in [-0.2, 0) is 23.7 Å². The fourth-order valence-electron chi connectivity index (χ4n) is 3.60. The first-order valence-electron chi connectivity index (χ1n) is 14.3. The molecule has 35 heavy (non-hydrogen) atoms. The predicted molar refractivity (Wildman–Crippen MR) is 155 cm³/mol. The molecule has 0 aliphatic rings. The van der Waals surface area contributed by atoms with Crippen molar-refractivity contribution in [3.05, 3.63) is 0 Å².